The van der Waals surface area contributed by atoms with Crippen molar-refractivity contribution in [2.24, 2.45) is 0 Å². The van der Waals surface area contributed by atoms with E-state index in [9.17, 15) is 4.79 Å². The Bertz CT molecular complexity index is 1680. The second kappa shape index (κ2) is 11.6. The lowest BCUT2D eigenvalue weighted by molar-refractivity contribution is -0.122. The smallest absolute Gasteiger partial charge is 0.221 e. The molecule has 0 atom stereocenters. The molecular weight excluding hydrogens is 569 g/mol. The summed E-state index contributed by atoms with van der Waals surface area (Å²) in [6.07, 6.45) is 0.167. The summed E-state index contributed by atoms with van der Waals surface area (Å²) >= 11 is 18.9. The molecule has 6 rings (SSSR count). The zero-order chi connectivity index (χ0) is 28.4. The lowest BCUT2D eigenvalue weighted by Crippen LogP contribution is -2.37. The van der Waals surface area contributed by atoms with Crippen LogP contribution in [0.2, 0.25) is 15.1 Å². The summed E-state index contributed by atoms with van der Waals surface area (Å²) in [6, 6.07) is 41.9. The molecular formula is C36H26Cl3NO. The van der Waals surface area contributed by atoms with E-state index in [4.69, 9.17) is 34.8 Å². The molecule has 0 heterocycles. The number of fused-ring (bicyclic) bond motifs is 2. The molecule has 0 bridgehead atoms. The minimum atomic E-state index is -0.815. The lowest BCUT2D eigenvalue weighted by Gasteiger charge is -2.36. The molecule has 0 aromatic heterocycles. The predicted molar refractivity (Wildman–Crippen MR) is 172 cm³/mol. The normalized spacial score (nSPS) is 11.6. The van der Waals surface area contributed by atoms with Gasteiger partial charge in [0.15, 0.2) is 0 Å². The first-order valence-electron chi connectivity index (χ1n) is 13.4. The Balaban J connectivity index is 1.44. The number of hydrogen-bond acceptors (Lipinski definition) is 1. The molecule has 0 unspecified atom stereocenters. The van der Waals surface area contributed by atoms with Crippen LogP contribution in [0.4, 0.5) is 0 Å². The van der Waals surface area contributed by atoms with E-state index in [1.165, 1.54) is 0 Å². The molecule has 0 aliphatic heterocycles. The maximum atomic E-state index is 14.0. The lowest BCUT2D eigenvalue weighted by atomic mass is 9.67. The molecule has 0 saturated heterocycles. The van der Waals surface area contributed by atoms with Gasteiger partial charge in [-0.25, -0.2) is 0 Å². The number of amides is 1. The maximum Gasteiger partial charge on any atom is 0.221 e. The molecule has 0 radical (unpaired) electrons. The van der Waals surface area contributed by atoms with Crippen LogP contribution < -0.4 is 5.32 Å². The first-order valence-corrected chi connectivity index (χ1v) is 14.5. The van der Waals surface area contributed by atoms with Crippen LogP contribution in [0.3, 0.4) is 0 Å². The Hall–Kier alpha value is -3.82. The Labute approximate surface area is 254 Å². The van der Waals surface area contributed by atoms with E-state index in [2.05, 4.69) is 35.6 Å². The predicted octanol–water partition coefficient (Wildman–Crippen LogP) is 9.99. The van der Waals surface area contributed by atoms with Crippen LogP contribution >= 0.6 is 34.8 Å². The van der Waals surface area contributed by atoms with Gasteiger partial charge >= 0.3 is 0 Å². The summed E-state index contributed by atoms with van der Waals surface area (Å²) in [5, 5.41) is 9.70. The van der Waals surface area contributed by atoms with Gasteiger partial charge in [0.2, 0.25) is 5.91 Å². The number of benzene rings is 6. The SMILES string of the molecule is O=C(CC(c1ccc(Cl)cc1)(c1ccc(Cl)cc1)c1ccc(Cl)cc1)NCc1c2ccccc2cc2ccccc12. The maximum absolute atomic E-state index is 14.0. The second-order valence-corrected chi connectivity index (χ2v) is 11.5. The summed E-state index contributed by atoms with van der Waals surface area (Å²) in [5.41, 5.74) is 3.11. The van der Waals surface area contributed by atoms with Gasteiger partial charge in [-0.3, -0.25) is 4.79 Å². The molecule has 0 aliphatic rings. The molecule has 0 saturated carbocycles. The molecule has 0 spiro atoms. The number of rotatable bonds is 7. The highest BCUT2D eigenvalue weighted by atomic mass is 35.5. The Morgan fingerprint density at radius 1 is 0.561 bits per heavy atom. The molecule has 6 aromatic carbocycles. The van der Waals surface area contributed by atoms with Gasteiger partial charge in [-0.15, -0.1) is 0 Å². The third kappa shape index (κ3) is 5.44. The molecule has 5 heteroatoms. The fourth-order valence-corrected chi connectivity index (χ4v) is 6.18. The summed E-state index contributed by atoms with van der Waals surface area (Å²) in [6.45, 7) is 0.401. The quantitative estimate of drug-likeness (QED) is 0.145. The highest BCUT2D eigenvalue weighted by Crippen LogP contribution is 2.43. The van der Waals surface area contributed by atoms with Crippen molar-refractivity contribution in [1.82, 2.24) is 5.32 Å². The first kappa shape index (κ1) is 27.4. The molecule has 1 N–H and O–H groups in total. The van der Waals surface area contributed by atoms with E-state index in [1.807, 2.05) is 97.1 Å². The topological polar surface area (TPSA) is 29.1 Å². The van der Waals surface area contributed by atoms with E-state index in [1.54, 1.807) is 0 Å². The Morgan fingerprint density at radius 3 is 1.37 bits per heavy atom. The highest BCUT2D eigenvalue weighted by Gasteiger charge is 2.38. The number of halogens is 3. The molecule has 1 amide bonds. The van der Waals surface area contributed by atoms with Crippen molar-refractivity contribution in [3.05, 3.63) is 165 Å². The number of carbonyl (C=O) groups is 1. The monoisotopic (exact) mass is 593 g/mol. The van der Waals surface area contributed by atoms with Gasteiger partial charge in [-0.2, -0.15) is 0 Å². The fraction of sp³-hybridized carbons (Fsp3) is 0.0833. The van der Waals surface area contributed by atoms with E-state index in [-0.39, 0.29) is 12.3 Å². The molecule has 6 aromatic rings. The van der Waals surface area contributed by atoms with Gasteiger partial charge in [-0.1, -0.05) is 120 Å². The number of hydrogen-bond donors (Lipinski definition) is 1. The summed E-state index contributed by atoms with van der Waals surface area (Å²) < 4.78 is 0. The van der Waals surface area contributed by atoms with E-state index in [0.29, 0.717) is 21.6 Å². The van der Waals surface area contributed by atoms with Crippen LogP contribution in [-0.4, -0.2) is 5.91 Å². The Morgan fingerprint density at radius 2 is 0.951 bits per heavy atom. The average Bonchev–Trinajstić information content (AvgIpc) is 2.99. The number of nitrogens with one attached hydrogen (secondary N) is 1. The van der Waals surface area contributed by atoms with Crippen molar-refractivity contribution in [2.75, 3.05) is 0 Å². The summed E-state index contributed by atoms with van der Waals surface area (Å²) in [5.74, 6) is -0.0816. The van der Waals surface area contributed by atoms with Crippen molar-refractivity contribution in [3.63, 3.8) is 0 Å². The summed E-state index contributed by atoms with van der Waals surface area (Å²) in [4.78, 5) is 14.0. The van der Waals surface area contributed by atoms with Crippen LogP contribution in [0, 0.1) is 0 Å². The van der Waals surface area contributed by atoms with Gasteiger partial charge < -0.3 is 5.32 Å². The third-order valence-corrected chi connectivity index (χ3v) is 8.54. The second-order valence-electron chi connectivity index (χ2n) is 10.2. The van der Waals surface area contributed by atoms with E-state index >= 15 is 0 Å². The van der Waals surface area contributed by atoms with Crippen LogP contribution in [0.15, 0.2) is 127 Å². The Kier molecular flexibility index (Phi) is 7.73. The first-order chi connectivity index (χ1) is 19.9. The van der Waals surface area contributed by atoms with Gasteiger partial charge in [0.1, 0.15) is 0 Å². The standard InChI is InChI=1S/C36H26Cl3NO/c37-29-15-9-26(10-16-29)36(27-11-17-30(38)18-12-27,28-13-19-31(39)20-14-28)22-35(41)40-23-34-32-7-3-1-5-24(32)21-25-6-2-4-8-33(25)34/h1-21H,22-23H2,(H,40,41). The van der Waals surface area contributed by atoms with Gasteiger partial charge in [0, 0.05) is 28.0 Å². The van der Waals surface area contributed by atoms with E-state index in [0.717, 1.165) is 43.8 Å². The van der Waals surface area contributed by atoms with Crippen LogP contribution in [0.25, 0.3) is 21.5 Å². The van der Waals surface area contributed by atoms with Crippen LogP contribution in [0.1, 0.15) is 28.7 Å². The number of carbonyl (C=O) groups excluding carboxylic acids is 1. The van der Waals surface area contributed by atoms with Gasteiger partial charge in [0.05, 0.1) is 5.41 Å². The largest absolute Gasteiger partial charge is 0.352 e. The fourth-order valence-electron chi connectivity index (χ4n) is 5.80. The molecule has 2 nitrogen and oxygen atoms in total. The molecule has 202 valence electrons. The molecule has 0 fully saturated rings. The zero-order valence-electron chi connectivity index (χ0n) is 22.1. The van der Waals surface area contributed by atoms with Crippen molar-refractivity contribution >= 4 is 62.3 Å². The minimum Gasteiger partial charge on any atom is -0.352 e. The minimum absolute atomic E-state index is 0.0816. The van der Waals surface area contributed by atoms with Crippen LogP contribution in [-0.2, 0) is 16.8 Å². The third-order valence-electron chi connectivity index (χ3n) is 7.78. The average molecular weight is 595 g/mol. The van der Waals surface area contributed by atoms with Crippen molar-refractivity contribution < 1.29 is 4.79 Å². The van der Waals surface area contributed by atoms with E-state index < -0.39 is 5.41 Å². The zero-order valence-corrected chi connectivity index (χ0v) is 24.3. The van der Waals surface area contributed by atoms with Crippen molar-refractivity contribution in [3.8, 4) is 0 Å². The van der Waals surface area contributed by atoms with Crippen molar-refractivity contribution in [1.29, 1.82) is 0 Å². The molecule has 41 heavy (non-hydrogen) atoms. The molecule has 0 aliphatic carbocycles. The van der Waals surface area contributed by atoms with Gasteiger partial charge in [-0.05, 0) is 86.3 Å². The van der Waals surface area contributed by atoms with Crippen LogP contribution in [0.5, 0.6) is 0 Å². The summed E-state index contributed by atoms with van der Waals surface area (Å²) in [7, 11) is 0. The van der Waals surface area contributed by atoms with Gasteiger partial charge in [0.25, 0.3) is 0 Å². The van der Waals surface area contributed by atoms with Crippen molar-refractivity contribution in [2.45, 2.75) is 18.4 Å². The highest BCUT2D eigenvalue weighted by molar-refractivity contribution is 6.31.